The maximum Gasteiger partial charge on any atom is 0.0657 e. The lowest BCUT2D eigenvalue weighted by atomic mass is 10.1. The lowest BCUT2D eigenvalue weighted by Crippen LogP contribution is -2.50. The highest BCUT2D eigenvalue weighted by atomic mass is 16.7. The third kappa shape index (κ3) is 2.73. The van der Waals surface area contributed by atoms with Gasteiger partial charge in [-0.15, -0.1) is 0 Å². The van der Waals surface area contributed by atoms with Gasteiger partial charge >= 0.3 is 0 Å². The van der Waals surface area contributed by atoms with E-state index in [-0.39, 0.29) is 0 Å². The second kappa shape index (κ2) is 5.51. The van der Waals surface area contributed by atoms with Crippen LogP contribution in [0.3, 0.4) is 0 Å². The van der Waals surface area contributed by atoms with Gasteiger partial charge in [-0.1, -0.05) is 13.3 Å². The van der Waals surface area contributed by atoms with Crippen LogP contribution < -0.4 is 5.32 Å². The fraction of sp³-hybridized carbons (Fsp3) is 1.00. The number of hydrogen-bond acceptors (Lipinski definition) is 3. The largest absolute Gasteiger partial charge is 0.314 e. The van der Waals surface area contributed by atoms with Crippen molar-refractivity contribution in [1.82, 2.24) is 10.4 Å². The lowest BCUT2D eigenvalue weighted by Gasteiger charge is -2.34. The minimum atomic E-state index is 0.587. The third-order valence-electron chi connectivity index (χ3n) is 2.21. The Morgan fingerprint density at radius 3 is 3.00 bits per heavy atom. The van der Waals surface area contributed by atoms with Crippen LogP contribution in [-0.4, -0.2) is 37.3 Å². The Kier molecular flexibility index (Phi) is 4.58. The molecule has 1 aliphatic heterocycles. The van der Waals surface area contributed by atoms with E-state index in [9.17, 15) is 0 Å². The molecule has 0 aromatic rings. The monoisotopic (exact) mass is 172 g/mol. The highest BCUT2D eigenvalue weighted by molar-refractivity contribution is 4.74. The van der Waals surface area contributed by atoms with Crippen molar-refractivity contribution in [2.75, 3.05) is 26.2 Å². The molecule has 0 aromatic heterocycles. The number of hydroxylamine groups is 2. The molecular formula is C9H20N2O. The summed E-state index contributed by atoms with van der Waals surface area (Å²) >= 11 is 0. The van der Waals surface area contributed by atoms with Gasteiger partial charge in [-0.2, -0.15) is 5.06 Å². The van der Waals surface area contributed by atoms with E-state index in [1.807, 2.05) is 6.92 Å². The van der Waals surface area contributed by atoms with E-state index in [1.54, 1.807) is 0 Å². The van der Waals surface area contributed by atoms with Crippen LogP contribution in [0.2, 0.25) is 0 Å². The molecule has 0 aromatic carbocycles. The molecular weight excluding hydrogens is 152 g/mol. The molecule has 0 saturated carbocycles. The van der Waals surface area contributed by atoms with Gasteiger partial charge in [0.1, 0.15) is 0 Å². The summed E-state index contributed by atoms with van der Waals surface area (Å²) < 4.78 is 0. The van der Waals surface area contributed by atoms with Crippen LogP contribution >= 0.6 is 0 Å². The molecule has 1 atom stereocenters. The van der Waals surface area contributed by atoms with E-state index in [2.05, 4.69) is 17.3 Å². The van der Waals surface area contributed by atoms with Crippen molar-refractivity contribution in [1.29, 1.82) is 0 Å². The smallest absolute Gasteiger partial charge is 0.0657 e. The molecule has 0 aliphatic carbocycles. The molecule has 1 heterocycles. The van der Waals surface area contributed by atoms with E-state index < -0.39 is 0 Å². The van der Waals surface area contributed by atoms with Gasteiger partial charge in [0.05, 0.1) is 6.61 Å². The number of hydrogen-bond donors (Lipinski definition) is 1. The first-order valence-corrected chi connectivity index (χ1v) is 4.98. The van der Waals surface area contributed by atoms with Gasteiger partial charge in [0.15, 0.2) is 0 Å². The third-order valence-corrected chi connectivity index (χ3v) is 2.21. The molecule has 0 radical (unpaired) electrons. The van der Waals surface area contributed by atoms with Crippen LogP contribution in [0, 0.1) is 0 Å². The fourth-order valence-corrected chi connectivity index (χ4v) is 1.66. The topological polar surface area (TPSA) is 24.5 Å². The van der Waals surface area contributed by atoms with Crippen molar-refractivity contribution in [3.63, 3.8) is 0 Å². The van der Waals surface area contributed by atoms with Crippen molar-refractivity contribution >= 4 is 0 Å². The van der Waals surface area contributed by atoms with E-state index in [0.717, 1.165) is 26.2 Å². The van der Waals surface area contributed by atoms with E-state index >= 15 is 0 Å². The van der Waals surface area contributed by atoms with Gasteiger partial charge in [0.2, 0.25) is 0 Å². The molecule has 0 amide bonds. The normalized spacial score (nSPS) is 26.0. The summed E-state index contributed by atoms with van der Waals surface area (Å²) in [6.45, 7) is 8.22. The number of nitrogens with zero attached hydrogens (tertiary/aromatic N) is 1. The van der Waals surface area contributed by atoms with E-state index in [4.69, 9.17) is 4.84 Å². The lowest BCUT2D eigenvalue weighted by molar-refractivity contribution is -0.190. The Labute approximate surface area is 75.0 Å². The molecule has 72 valence electrons. The summed E-state index contributed by atoms with van der Waals surface area (Å²) in [5.74, 6) is 0. The van der Waals surface area contributed by atoms with Crippen LogP contribution in [0.4, 0.5) is 0 Å². The maximum absolute atomic E-state index is 5.54. The standard InChI is InChI=1S/C9H20N2O/c1-3-5-9-8-10-6-7-11(9)12-4-2/h9-10H,3-8H2,1-2H3. The number of rotatable bonds is 4. The SMILES string of the molecule is CCCC1CNCCN1OCC. The van der Waals surface area contributed by atoms with Crippen molar-refractivity contribution in [3.05, 3.63) is 0 Å². The summed E-state index contributed by atoms with van der Waals surface area (Å²) in [5.41, 5.74) is 0. The van der Waals surface area contributed by atoms with Gasteiger partial charge in [-0.3, -0.25) is 4.84 Å². The van der Waals surface area contributed by atoms with Crippen molar-refractivity contribution < 1.29 is 4.84 Å². The summed E-state index contributed by atoms with van der Waals surface area (Å²) in [6.07, 6.45) is 2.46. The molecule has 0 bridgehead atoms. The maximum atomic E-state index is 5.54. The van der Waals surface area contributed by atoms with Gasteiger partial charge in [-0.05, 0) is 13.3 Å². The molecule has 1 saturated heterocycles. The van der Waals surface area contributed by atoms with E-state index in [0.29, 0.717) is 6.04 Å². The Hall–Kier alpha value is -0.120. The Morgan fingerprint density at radius 2 is 2.33 bits per heavy atom. The molecule has 1 unspecified atom stereocenters. The summed E-state index contributed by atoms with van der Waals surface area (Å²) in [5, 5.41) is 5.53. The number of nitrogens with one attached hydrogen (secondary N) is 1. The average molecular weight is 172 g/mol. The minimum Gasteiger partial charge on any atom is -0.314 e. The molecule has 0 spiro atoms. The summed E-state index contributed by atoms with van der Waals surface area (Å²) in [6, 6.07) is 0.587. The highest BCUT2D eigenvalue weighted by Gasteiger charge is 2.21. The van der Waals surface area contributed by atoms with E-state index in [1.165, 1.54) is 12.8 Å². The minimum absolute atomic E-state index is 0.587. The Morgan fingerprint density at radius 1 is 1.50 bits per heavy atom. The van der Waals surface area contributed by atoms with Gasteiger partial charge in [-0.25, -0.2) is 0 Å². The average Bonchev–Trinajstić information content (AvgIpc) is 2.09. The highest BCUT2D eigenvalue weighted by Crippen LogP contribution is 2.09. The molecule has 1 aliphatic rings. The van der Waals surface area contributed by atoms with Crippen LogP contribution in [0.5, 0.6) is 0 Å². The molecule has 3 heteroatoms. The first-order chi connectivity index (χ1) is 5.88. The molecule has 1 rings (SSSR count). The molecule has 3 nitrogen and oxygen atoms in total. The first kappa shape index (κ1) is 9.96. The second-order valence-corrected chi connectivity index (χ2v) is 3.21. The van der Waals surface area contributed by atoms with Crippen LogP contribution in [0.15, 0.2) is 0 Å². The fourth-order valence-electron chi connectivity index (χ4n) is 1.66. The molecule has 1 N–H and O–H groups in total. The quantitative estimate of drug-likeness (QED) is 0.685. The first-order valence-electron chi connectivity index (χ1n) is 4.98. The zero-order valence-electron chi connectivity index (χ0n) is 8.18. The van der Waals surface area contributed by atoms with Crippen molar-refractivity contribution in [3.8, 4) is 0 Å². The summed E-state index contributed by atoms with van der Waals surface area (Å²) in [7, 11) is 0. The summed E-state index contributed by atoms with van der Waals surface area (Å²) in [4.78, 5) is 5.54. The Bertz CT molecular complexity index is 101. The zero-order chi connectivity index (χ0) is 8.81. The molecule has 12 heavy (non-hydrogen) atoms. The van der Waals surface area contributed by atoms with Crippen LogP contribution in [0.25, 0.3) is 0 Å². The predicted octanol–water partition coefficient (Wildman–Crippen LogP) is 1.01. The Balaban J connectivity index is 2.31. The van der Waals surface area contributed by atoms with Crippen molar-refractivity contribution in [2.45, 2.75) is 32.7 Å². The van der Waals surface area contributed by atoms with Gasteiger partial charge in [0.25, 0.3) is 0 Å². The van der Waals surface area contributed by atoms with Crippen molar-refractivity contribution in [2.24, 2.45) is 0 Å². The second-order valence-electron chi connectivity index (χ2n) is 3.21. The van der Waals surface area contributed by atoms with Crippen LogP contribution in [0.1, 0.15) is 26.7 Å². The zero-order valence-corrected chi connectivity index (χ0v) is 8.18. The van der Waals surface area contributed by atoms with Gasteiger partial charge < -0.3 is 5.32 Å². The molecule has 1 fully saturated rings. The number of piperazine rings is 1. The van der Waals surface area contributed by atoms with Crippen LogP contribution in [-0.2, 0) is 4.84 Å². The predicted molar refractivity (Wildman–Crippen MR) is 49.9 cm³/mol. The van der Waals surface area contributed by atoms with Gasteiger partial charge in [0, 0.05) is 25.7 Å².